The van der Waals surface area contributed by atoms with E-state index >= 15 is 0 Å². The Hall–Kier alpha value is -2.11. The van der Waals surface area contributed by atoms with Crippen molar-refractivity contribution in [2.45, 2.75) is 19.4 Å². The average Bonchev–Trinajstić information content (AvgIpc) is 2.26. The maximum Gasteiger partial charge on any atom is 0.335 e. The van der Waals surface area contributed by atoms with Crippen molar-refractivity contribution in [1.29, 1.82) is 0 Å². The topological polar surface area (TPSA) is 96.6 Å². The first-order valence-electron chi connectivity index (χ1n) is 4.67. The van der Waals surface area contributed by atoms with Crippen molar-refractivity contribution in [3.8, 4) is 0 Å². The predicted octanol–water partition coefficient (Wildman–Crippen LogP) is 0.233. The van der Waals surface area contributed by atoms with Crippen molar-refractivity contribution >= 4 is 11.9 Å². The molecule has 2 N–H and O–H groups in total. The predicted molar refractivity (Wildman–Crippen MR) is 54.2 cm³/mol. The van der Waals surface area contributed by atoms with Crippen molar-refractivity contribution < 1.29 is 19.1 Å². The van der Waals surface area contributed by atoms with Crippen LogP contribution < -0.4 is 10.9 Å². The molecule has 0 aromatic carbocycles. The SMILES string of the molecule is CC[C@@H](NC(=O)c1ccc(=O)oc1)C(=O)O. The molecule has 0 fully saturated rings. The molecule has 0 saturated carbocycles. The summed E-state index contributed by atoms with van der Waals surface area (Å²) in [4.78, 5) is 32.8. The molecule has 1 aromatic heterocycles. The zero-order valence-corrected chi connectivity index (χ0v) is 8.60. The van der Waals surface area contributed by atoms with E-state index in [0.29, 0.717) is 0 Å². The Morgan fingerprint density at radius 3 is 2.62 bits per heavy atom. The molecule has 0 aliphatic rings. The molecule has 1 amide bonds. The maximum absolute atomic E-state index is 11.5. The van der Waals surface area contributed by atoms with Crippen molar-refractivity contribution in [3.05, 3.63) is 34.4 Å². The molecule has 0 aliphatic carbocycles. The van der Waals surface area contributed by atoms with Gasteiger partial charge in [-0.05, 0) is 12.5 Å². The summed E-state index contributed by atoms with van der Waals surface area (Å²) in [5.74, 6) is -1.69. The fourth-order valence-corrected chi connectivity index (χ4v) is 1.07. The van der Waals surface area contributed by atoms with Crippen LogP contribution in [0.1, 0.15) is 23.7 Å². The molecular weight excluding hydrogens is 214 g/mol. The molecule has 0 unspecified atom stereocenters. The number of carbonyl (C=O) groups excluding carboxylic acids is 1. The smallest absolute Gasteiger partial charge is 0.335 e. The van der Waals surface area contributed by atoms with Gasteiger partial charge in [0.1, 0.15) is 12.3 Å². The largest absolute Gasteiger partial charge is 0.480 e. The Morgan fingerprint density at radius 2 is 2.19 bits per heavy atom. The lowest BCUT2D eigenvalue weighted by atomic mass is 10.2. The van der Waals surface area contributed by atoms with Gasteiger partial charge >= 0.3 is 11.6 Å². The van der Waals surface area contributed by atoms with Gasteiger partial charge in [0, 0.05) is 6.07 Å². The quantitative estimate of drug-likeness (QED) is 0.764. The van der Waals surface area contributed by atoms with Gasteiger partial charge in [-0.3, -0.25) is 4.79 Å². The molecule has 16 heavy (non-hydrogen) atoms. The molecule has 1 aromatic rings. The van der Waals surface area contributed by atoms with Crippen molar-refractivity contribution in [3.63, 3.8) is 0 Å². The first kappa shape index (κ1) is 12.0. The minimum Gasteiger partial charge on any atom is -0.480 e. The first-order valence-corrected chi connectivity index (χ1v) is 4.67. The Kier molecular flexibility index (Phi) is 3.82. The number of carboxylic acids is 1. The van der Waals surface area contributed by atoms with E-state index in [1.807, 2.05) is 0 Å². The molecule has 6 nitrogen and oxygen atoms in total. The van der Waals surface area contributed by atoms with Crippen LogP contribution in [-0.4, -0.2) is 23.0 Å². The number of rotatable bonds is 4. The van der Waals surface area contributed by atoms with Crippen molar-refractivity contribution in [1.82, 2.24) is 5.32 Å². The maximum atomic E-state index is 11.5. The zero-order chi connectivity index (χ0) is 12.1. The lowest BCUT2D eigenvalue weighted by molar-refractivity contribution is -0.139. The van der Waals surface area contributed by atoms with Gasteiger partial charge in [-0.25, -0.2) is 9.59 Å². The number of carboxylic acid groups (broad SMARTS) is 1. The van der Waals surface area contributed by atoms with Crippen LogP contribution in [0.5, 0.6) is 0 Å². The standard InChI is InChI=1S/C10H11NO5/c1-2-7(10(14)15)11-9(13)6-3-4-8(12)16-5-6/h3-5,7H,2H2,1H3,(H,11,13)(H,14,15)/t7-/m1/s1. The molecule has 0 radical (unpaired) electrons. The summed E-state index contributed by atoms with van der Waals surface area (Å²) in [6.07, 6.45) is 1.27. The van der Waals surface area contributed by atoms with E-state index < -0.39 is 23.5 Å². The Labute approximate surface area is 90.9 Å². The zero-order valence-electron chi connectivity index (χ0n) is 8.60. The third kappa shape index (κ3) is 2.94. The van der Waals surface area contributed by atoms with Crippen LogP contribution in [0, 0.1) is 0 Å². The normalized spacial score (nSPS) is 11.8. The van der Waals surface area contributed by atoms with Crippen LogP contribution in [0.2, 0.25) is 0 Å². The monoisotopic (exact) mass is 225 g/mol. The highest BCUT2D eigenvalue weighted by atomic mass is 16.4. The number of aliphatic carboxylic acids is 1. The van der Waals surface area contributed by atoms with Gasteiger partial charge in [-0.2, -0.15) is 0 Å². The summed E-state index contributed by atoms with van der Waals surface area (Å²) in [5.41, 5.74) is -0.457. The second-order valence-corrected chi connectivity index (χ2v) is 3.12. The van der Waals surface area contributed by atoms with Crippen LogP contribution in [0.15, 0.2) is 27.6 Å². The highest BCUT2D eigenvalue weighted by Gasteiger charge is 2.18. The molecule has 1 atom stereocenters. The summed E-state index contributed by atoms with van der Waals surface area (Å²) in [6, 6.07) is 1.42. The van der Waals surface area contributed by atoms with E-state index in [9.17, 15) is 14.4 Å². The molecule has 0 spiro atoms. The van der Waals surface area contributed by atoms with Gasteiger partial charge in [0.05, 0.1) is 5.56 Å². The van der Waals surface area contributed by atoms with Crippen LogP contribution in [-0.2, 0) is 4.79 Å². The fraction of sp³-hybridized carbons (Fsp3) is 0.300. The number of hydrogen-bond donors (Lipinski definition) is 2. The Bertz CT molecular complexity index is 430. The van der Waals surface area contributed by atoms with Crippen LogP contribution in [0.4, 0.5) is 0 Å². The Balaban J connectivity index is 2.75. The van der Waals surface area contributed by atoms with Crippen LogP contribution in [0.25, 0.3) is 0 Å². The van der Waals surface area contributed by atoms with Gasteiger partial charge in [-0.1, -0.05) is 6.92 Å². The number of carbonyl (C=O) groups is 2. The third-order valence-corrected chi connectivity index (χ3v) is 1.97. The van der Waals surface area contributed by atoms with Gasteiger partial charge < -0.3 is 14.8 Å². The Morgan fingerprint density at radius 1 is 1.50 bits per heavy atom. The second-order valence-electron chi connectivity index (χ2n) is 3.12. The first-order chi connectivity index (χ1) is 7.54. The van der Waals surface area contributed by atoms with Gasteiger partial charge in [0.25, 0.3) is 5.91 Å². The molecule has 1 heterocycles. The van der Waals surface area contributed by atoms with Crippen molar-refractivity contribution in [2.75, 3.05) is 0 Å². The molecule has 1 rings (SSSR count). The van der Waals surface area contributed by atoms with Gasteiger partial charge in [0.15, 0.2) is 0 Å². The van der Waals surface area contributed by atoms with E-state index in [1.165, 1.54) is 6.07 Å². The molecule has 86 valence electrons. The molecular formula is C10H11NO5. The number of amides is 1. The molecule has 6 heteroatoms. The van der Waals surface area contributed by atoms with E-state index in [1.54, 1.807) is 6.92 Å². The fourth-order valence-electron chi connectivity index (χ4n) is 1.07. The number of nitrogens with one attached hydrogen (secondary N) is 1. The third-order valence-electron chi connectivity index (χ3n) is 1.97. The summed E-state index contributed by atoms with van der Waals surface area (Å²) >= 11 is 0. The molecule has 0 aliphatic heterocycles. The van der Waals surface area contributed by atoms with Gasteiger partial charge in [-0.15, -0.1) is 0 Å². The highest BCUT2D eigenvalue weighted by molar-refractivity contribution is 5.96. The summed E-state index contributed by atoms with van der Waals surface area (Å²) in [6.45, 7) is 1.64. The van der Waals surface area contributed by atoms with Crippen LogP contribution >= 0.6 is 0 Å². The summed E-state index contributed by atoms with van der Waals surface area (Å²) in [7, 11) is 0. The summed E-state index contributed by atoms with van der Waals surface area (Å²) in [5, 5.41) is 11.0. The van der Waals surface area contributed by atoms with E-state index in [2.05, 4.69) is 9.73 Å². The van der Waals surface area contributed by atoms with Gasteiger partial charge in [0.2, 0.25) is 0 Å². The number of hydrogen-bond acceptors (Lipinski definition) is 4. The molecule has 0 bridgehead atoms. The van der Waals surface area contributed by atoms with E-state index in [0.717, 1.165) is 12.3 Å². The lowest BCUT2D eigenvalue weighted by Gasteiger charge is -2.11. The van der Waals surface area contributed by atoms with Crippen LogP contribution in [0.3, 0.4) is 0 Å². The minimum absolute atomic E-state index is 0.110. The summed E-state index contributed by atoms with van der Waals surface area (Å²) < 4.78 is 4.49. The highest BCUT2D eigenvalue weighted by Crippen LogP contribution is 1.98. The minimum atomic E-state index is -1.10. The van der Waals surface area contributed by atoms with Crippen molar-refractivity contribution in [2.24, 2.45) is 0 Å². The second kappa shape index (κ2) is 5.11. The van der Waals surface area contributed by atoms with E-state index in [4.69, 9.17) is 5.11 Å². The lowest BCUT2D eigenvalue weighted by Crippen LogP contribution is -2.40. The molecule has 0 saturated heterocycles. The van der Waals surface area contributed by atoms with E-state index in [-0.39, 0.29) is 12.0 Å². The average molecular weight is 225 g/mol.